The number of amides is 2. The zero-order valence-corrected chi connectivity index (χ0v) is 15.1. The van der Waals surface area contributed by atoms with Crippen molar-refractivity contribution in [3.05, 3.63) is 59.9 Å². The number of carbonyl (C=O) groups is 2. The van der Waals surface area contributed by atoms with Gasteiger partial charge in [0.05, 0.1) is 0 Å². The molecule has 7 heteroatoms. The fourth-order valence-corrected chi connectivity index (χ4v) is 2.64. The molecule has 26 heavy (non-hydrogen) atoms. The molecule has 2 aromatic rings. The molecule has 138 valence electrons. The minimum atomic E-state index is -0.418. The van der Waals surface area contributed by atoms with E-state index in [0.717, 1.165) is 13.1 Å². The summed E-state index contributed by atoms with van der Waals surface area (Å²) < 4.78 is 13.2. The smallest absolute Gasteiger partial charge is 0.255 e. The minimum absolute atomic E-state index is 0. The van der Waals surface area contributed by atoms with Crippen molar-refractivity contribution in [2.45, 2.75) is 6.92 Å². The first-order valence-electron chi connectivity index (χ1n) is 8.21. The van der Waals surface area contributed by atoms with Crippen LogP contribution in [0.4, 0.5) is 15.8 Å². The predicted octanol–water partition coefficient (Wildman–Crippen LogP) is 3.29. The average Bonchev–Trinajstić information content (AvgIpc) is 2.53. The van der Waals surface area contributed by atoms with E-state index in [4.69, 9.17) is 0 Å². The van der Waals surface area contributed by atoms with Crippen LogP contribution >= 0.6 is 12.4 Å². The van der Waals surface area contributed by atoms with Crippen molar-refractivity contribution in [3.63, 3.8) is 0 Å². The second-order valence-electron chi connectivity index (χ2n) is 6.24. The van der Waals surface area contributed by atoms with Gasteiger partial charge in [-0.2, -0.15) is 0 Å². The highest BCUT2D eigenvalue weighted by Gasteiger charge is 2.28. The third kappa shape index (κ3) is 4.80. The van der Waals surface area contributed by atoms with E-state index in [2.05, 4.69) is 16.0 Å². The van der Waals surface area contributed by atoms with Crippen molar-refractivity contribution in [1.82, 2.24) is 5.32 Å². The topological polar surface area (TPSA) is 70.2 Å². The van der Waals surface area contributed by atoms with E-state index in [0.29, 0.717) is 22.9 Å². The summed E-state index contributed by atoms with van der Waals surface area (Å²) in [5, 5.41) is 8.64. The van der Waals surface area contributed by atoms with Crippen LogP contribution in [0.25, 0.3) is 0 Å². The first-order chi connectivity index (χ1) is 12.0. The van der Waals surface area contributed by atoms with Gasteiger partial charge in [0, 0.05) is 22.9 Å². The highest BCUT2D eigenvalue weighted by atomic mass is 35.5. The van der Waals surface area contributed by atoms with E-state index < -0.39 is 5.82 Å². The molecule has 2 amide bonds. The van der Waals surface area contributed by atoms with Crippen LogP contribution in [0.5, 0.6) is 0 Å². The Balaban J connectivity index is 0.00000243. The summed E-state index contributed by atoms with van der Waals surface area (Å²) in [6.45, 7) is 3.61. The Bertz CT molecular complexity index is 796. The predicted molar refractivity (Wildman–Crippen MR) is 102 cm³/mol. The van der Waals surface area contributed by atoms with Gasteiger partial charge in [-0.3, -0.25) is 9.59 Å². The van der Waals surface area contributed by atoms with Crippen LogP contribution in [0.2, 0.25) is 0 Å². The lowest BCUT2D eigenvalue weighted by Crippen LogP contribution is -2.48. The van der Waals surface area contributed by atoms with E-state index >= 15 is 0 Å². The van der Waals surface area contributed by atoms with Crippen molar-refractivity contribution >= 4 is 35.6 Å². The Hall–Kier alpha value is -2.44. The maximum atomic E-state index is 13.2. The van der Waals surface area contributed by atoms with Gasteiger partial charge in [0.2, 0.25) is 5.91 Å². The second-order valence-corrected chi connectivity index (χ2v) is 6.24. The van der Waals surface area contributed by atoms with E-state index in [1.54, 1.807) is 30.3 Å². The molecule has 2 aromatic carbocycles. The van der Waals surface area contributed by atoms with Crippen LogP contribution in [-0.4, -0.2) is 24.9 Å². The van der Waals surface area contributed by atoms with Crippen LogP contribution in [0.15, 0.2) is 48.5 Å². The zero-order valence-electron chi connectivity index (χ0n) is 14.3. The molecular formula is C19H21ClFN3O2. The Kier molecular flexibility index (Phi) is 6.71. The molecule has 0 aromatic heterocycles. The number of anilines is 2. The Morgan fingerprint density at radius 1 is 1.08 bits per heavy atom. The van der Waals surface area contributed by atoms with Gasteiger partial charge in [0.25, 0.3) is 5.91 Å². The van der Waals surface area contributed by atoms with Gasteiger partial charge in [0.15, 0.2) is 0 Å². The lowest BCUT2D eigenvalue weighted by atomic mass is 9.88. The summed E-state index contributed by atoms with van der Waals surface area (Å²) in [5.41, 5.74) is 1.33. The lowest BCUT2D eigenvalue weighted by molar-refractivity contribution is -0.121. The number of hydrogen-bond donors (Lipinski definition) is 3. The molecule has 1 aliphatic heterocycles. The second kappa shape index (κ2) is 8.78. The summed E-state index contributed by atoms with van der Waals surface area (Å²) >= 11 is 0. The molecule has 1 heterocycles. The van der Waals surface area contributed by atoms with Crippen LogP contribution in [-0.2, 0) is 4.79 Å². The molecule has 1 fully saturated rings. The molecule has 1 saturated heterocycles. The molecule has 0 aliphatic carbocycles. The van der Waals surface area contributed by atoms with Crippen molar-refractivity contribution < 1.29 is 14.0 Å². The summed E-state index contributed by atoms with van der Waals surface area (Å²) in [6.07, 6.45) is 0. The third-order valence-corrected chi connectivity index (χ3v) is 4.41. The first-order valence-corrected chi connectivity index (χ1v) is 8.21. The fourth-order valence-electron chi connectivity index (χ4n) is 2.64. The van der Waals surface area contributed by atoms with Crippen molar-refractivity contribution in [3.8, 4) is 0 Å². The van der Waals surface area contributed by atoms with Gasteiger partial charge in [0.1, 0.15) is 5.82 Å². The van der Waals surface area contributed by atoms with E-state index in [9.17, 15) is 14.0 Å². The molecule has 3 N–H and O–H groups in total. The highest BCUT2D eigenvalue weighted by molar-refractivity contribution is 6.05. The van der Waals surface area contributed by atoms with Gasteiger partial charge in [-0.15, -0.1) is 12.4 Å². The molecule has 1 unspecified atom stereocenters. The van der Waals surface area contributed by atoms with Gasteiger partial charge in [-0.25, -0.2) is 4.39 Å². The normalized spacial score (nSPS) is 14.5. The molecule has 1 atom stereocenters. The van der Waals surface area contributed by atoms with Crippen molar-refractivity contribution in [1.29, 1.82) is 0 Å². The standard InChI is InChI=1S/C19H20FN3O2.ClH/c1-12(14-10-21-11-14)18(24)22-16-6-2-4-13(8-16)19(25)23-17-7-3-5-15(20)9-17;/h2-9,12,14,21H,10-11H2,1H3,(H,22,24)(H,23,25);1H. The Labute approximate surface area is 157 Å². The average molecular weight is 378 g/mol. The van der Waals surface area contributed by atoms with Gasteiger partial charge >= 0.3 is 0 Å². The fraction of sp³-hybridized carbons (Fsp3) is 0.263. The van der Waals surface area contributed by atoms with E-state index in [-0.39, 0.29) is 30.1 Å². The summed E-state index contributed by atoms with van der Waals surface area (Å²) in [4.78, 5) is 24.6. The molecule has 5 nitrogen and oxygen atoms in total. The highest BCUT2D eigenvalue weighted by Crippen LogP contribution is 2.19. The summed E-state index contributed by atoms with van der Waals surface area (Å²) in [6, 6.07) is 12.4. The largest absolute Gasteiger partial charge is 0.326 e. The van der Waals surface area contributed by atoms with Crippen LogP contribution < -0.4 is 16.0 Å². The van der Waals surface area contributed by atoms with Gasteiger partial charge in [-0.05, 0) is 55.4 Å². The lowest BCUT2D eigenvalue weighted by Gasteiger charge is -2.31. The van der Waals surface area contributed by atoms with Crippen LogP contribution in [0.1, 0.15) is 17.3 Å². The van der Waals surface area contributed by atoms with Gasteiger partial charge in [-0.1, -0.05) is 19.1 Å². The molecular weight excluding hydrogens is 357 g/mol. The SMILES string of the molecule is CC(C(=O)Nc1cccc(C(=O)Nc2cccc(F)c2)c1)C1CNC1.Cl. The third-order valence-electron chi connectivity index (χ3n) is 4.41. The van der Waals surface area contributed by atoms with E-state index in [1.807, 2.05) is 6.92 Å². The van der Waals surface area contributed by atoms with Crippen LogP contribution in [0.3, 0.4) is 0 Å². The molecule has 0 spiro atoms. The molecule has 0 saturated carbocycles. The number of hydrogen-bond acceptors (Lipinski definition) is 3. The first kappa shape index (κ1) is 19.9. The number of benzene rings is 2. The van der Waals surface area contributed by atoms with Crippen molar-refractivity contribution in [2.24, 2.45) is 11.8 Å². The van der Waals surface area contributed by atoms with Crippen molar-refractivity contribution in [2.75, 3.05) is 23.7 Å². The molecule has 1 aliphatic rings. The maximum absolute atomic E-state index is 13.2. The Morgan fingerprint density at radius 3 is 2.35 bits per heavy atom. The number of halogens is 2. The van der Waals surface area contributed by atoms with Gasteiger partial charge < -0.3 is 16.0 Å². The number of rotatable bonds is 5. The summed E-state index contributed by atoms with van der Waals surface area (Å²) in [5.74, 6) is -0.587. The number of carbonyl (C=O) groups excluding carboxylic acids is 2. The maximum Gasteiger partial charge on any atom is 0.255 e. The monoisotopic (exact) mass is 377 g/mol. The van der Waals surface area contributed by atoms with E-state index in [1.165, 1.54) is 18.2 Å². The van der Waals surface area contributed by atoms with Crippen LogP contribution in [0, 0.1) is 17.7 Å². The minimum Gasteiger partial charge on any atom is -0.326 e. The molecule has 3 rings (SSSR count). The quantitative estimate of drug-likeness (QED) is 0.748. The molecule has 0 radical (unpaired) electrons. The summed E-state index contributed by atoms with van der Waals surface area (Å²) in [7, 11) is 0. The molecule has 0 bridgehead atoms. The Morgan fingerprint density at radius 2 is 1.73 bits per heavy atom. The number of nitrogens with one attached hydrogen (secondary N) is 3. The zero-order chi connectivity index (χ0) is 17.8.